The van der Waals surface area contributed by atoms with Crippen LogP contribution in [0.1, 0.15) is 27.0 Å². The van der Waals surface area contributed by atoms with Gasteiger partial charge in [-0.05, 0) is 6.92 Å². The van der Waals surface area contributed by atoms with Crippen LogP contribution < -0.4 is 11.4 Å². The largest absolute Gasteiger partial charge is 0.456 e. The molecule has 0 saturated carbocycles. The van der Waals surface area contributed by atoms with Crippen molar-refractivity contribution in [1.82, 2.24) is 9.55 Å². The lowest BCUT2D eigenvalue weighted by Gasteiger charge is -2.23. The maximum absolute atomic E-state index is 13.6. The van der Waals surface area contributed by atoms with Gasteiger partial charge in [0, 0.05) is 13.8 Å². The fraction of sp³-hybridized carbons (Fsp3) is 0.538. The highest BCUT2D eigenvalue weighted by atomic mass is 127. The van der Waals surface area contributed by atoms with Crippen molar-refractivity contribution >= 4 is 41.7 Å². The molecule has 1 aliphatic heterocycles. The molecule has 1 fully saturated rings. The summed E-state index contributed by atoms with van der Waals surface area (Å²) < 4.78 is 30.1. The Morgan fingerprint density at radius 2 is 1.83 bits per heavy atom. The van der Waals surface area contributed by atoms with Crippen LogP contribution >= 0.6 is 24.0 Å². The Labute approximate surface area is 153 Å². The molecule has 11 heteroatoms. The molecule has 0 amide bonds. The third-order valence-electron chi connectivity index (χ3n) is 3.23. The highest BCUT2D eigenvalue weighted by Gasteiger charge is 2.48. The second kappa shape index (κ2) is 7.88. The van der Waals surface area contributed by atoms with E-state index in [2.05, 4.69) is 4.98 Å². The summed E-state index contributed by atoms with van der Waals surface area (Å²) in [5, 5.41) is 0. The number of ether oxygens (including phenoxy) is 3. The summed E-state index contributed by atoms with van der Waals surface area (Å²) in [6, 6.07) is 0. The van der Waals surface area contributed by atoms with Crippen molar-refractivity contribution < 1.29 is 28.2 Å². The number of hydrogen-bond donors (Lipinski definition) is 1. The minimum atomic E-state index is -1.20. The number of halogens is 2. The van der Waals surface area contributed by atoms with Gasteiger partial charge in [-0.3, -0.25) is 14.2 Å². The van der Waals surface area contributed by atoms with Crippen molar-refractivity contribution in [3.05, 3.63) is 22.5 Å². The highest BCUT2D eigenvalue weighted by Crippen LogP contribution is 2.33. The van der Waals surface area contributed by atoms with Crippen LogP contribution in [0.25, 0.3) is 0 Å². The summed E-state index contributed by atoms with van der Waals surface area (Å²) in [6.45, 7) is 3.90. The fourth-order valence-electron chi connectivity index (χ4n) is 2.34. The number of nitrogens with two attached hydrogens (primary N) is 1. The first-order valence-corrected chi connectivity index (χ1v) is 6.74. The Morgan fingerprint density at radius 1 is 1.29 bits per heavy atom. The van der Waals surface area contributed by atoms with Crippen LogP contribution in [0, 0.1) is 5.82 Å². The predicted molar refractivity (Wildman–Crippen MR) is 89.0 cm³/mol. The van der Waals surface area contributed by atoms with E-state index in [1.807, 2.05) is 0 Å². The van der Waals surface area contributed by atoms with E-state index in [0.717, 1.165) is 17.7 Å². The van der Waals surface area contributed by atoms with Crippen molar-refractivity contribution in [1.29, 1.82) is 0 Å². The van der Waals surface area contributed by atoms with E-state index in [9.17, 15) is 18.8 Å². The number of esters is 2. The Hall–Kier alpha value is -1.76. The van der Waals surface area contributed by atoms with E-state index in [1.165, 1.54) is 6.92 Å². The summed E-state index contributed by atoms with van der Waals surface area (Å²) in [5.41, 5.74) is 4.34. The third-order valence-corrected chi connectivity index (χ3v) is 3.23. The molecule has 0 spiro atoms. The SMILES string of the molecule is CC(=O)O[C@@H]1[C@H](OC(C)=O)[C@@H](C)O[C@H]1n1cc(F)c(N)nc1=O.I. The topological polar surface area (TPSA) is 123 Å². The van der Waals surface area contributed by atoms with Gasteiger partial charge >= 0.3 is 17.6 Å². The molecule has 2 heterocycles. The molecule has 0 unspecified atom stereocenters. The van der Waals surface area contributed by atoms with E-state index in [1.54, 1.807) is 6.92 Å². The molecular weight excluding hydrogens is 440 g/mol. The maximum Gasteiger partial charge on any atom is 0.351 e. The Bertz CT molecular complexity index is 697. The summed E-state index contributed by atoms with van der Waals surface area (Å²) >= 11 is 0. The van der Waals surface area contributed by atoms with Gasteiger partial charge in [-0.2, -0.15) is 4.98 Å². The quantitative estimate of drug-likeness (QED) is 0.510. The lowest BCUT2D eigenvalue weighted by Crippen LogP contribution is -2.40. The van der Waals surface area contributed by atoms with E-state index in [-0.39, 0.29) is 24.0 Å². The Morgan fingerprint density at radius 3 is 2.38 bits per heavy atom. The summed E-state index contributed by atoms with van der Waals surface area (Å²) in [7, 11) is 0. The molecule has 0 bridgehead atoms. The first-order valence-electron chi connectivity index (χ1n) is 6.74. The second-order valence-electron chi connectivity index (χ2n) is 5.04. The molecular formula is C13H17FIN3O6. The van der Waals surface area contributed by atoms with Gasteiger partial charge < -0.3 is 19.9 Å². The first-order chi connectivity index (χ1) is 10.7. The molecule has 2 rings (SSSR count). The van der Waals surface area contributed by atoms with Crippen molar-refractivity contribution in [3.8, 4) is 0 Å². The van der Waals surface area contributed by atoms with Crippen molar-refractivity contribution in [2.24, 2.45) is 0 Å². The van der Waals surface area contributed by atoms with E-state index < -0.39 is 53.8 Å². The number of carbonyl (C=O) groups is 2. The predicted octanol–water partition coefficient (Wildman–Crippen LogP) is 0.363. The van der Waals surface area contributed by atoms with Crippen LogP contribution in [0.4, 0.5) is 10.2 Å². The van der Waals surface area contributed by atoms with E-state index in [4.69, 9.17) is 19.9 Å². The zero-order valence-corrected chi connectivity index (χ0v) is 15.4. The van der Waals surface area contributed by atoms with Crippen molar-refractivity contribution in [2.75, 3.05) is 5.73 Å². The number of hydrogen-bond acceptors (Lipinski definition) is 8. The second-order valence-corrected chi connectivity index (χ2v) is 5.04. The van der Waals surface area contributed by atoms with Gasteiger partial charge in [0.15, 0.2) is 30.1 Å². The van der Waals surface area contributed by atoms with Crippen LogP contribution in [0.5, 0.6) is 0 Å². The lowest BCUT2D eigenvalue weighted by molar-refractivity contribution is -0.165. The highest BCUT2D eigenvalue weighted by molar-refractivity contribution is 14.0. The molecule has 2 N–H and O–H groups in total. The molecule has 1 saturated heterocycles. The van der Waals surface area contributed by atoms with Crippen LogP contribution in [-0.4, -0.2) is 39.8 Å². The third kappa shape index (κ3) is 4.20. The van der Waals surface area contributed by atoms with Crippen LogP contribution in [-0.2, 0) is 23.8 Å². The molecule has 1 aromatic rings. The van der Waals surface area contributed by atoms with Crippen LogP contribution in [0.3, 0.4) is 0 Å². The number of nitrogen functional groups attached to an aromatic ring is 1. The number of nitrogens with zero attached hydrogens (tertiary/aromatic N) is 2. The van der Waals surface area contributed by atoms with Gasteiger partial charge in [0.25, 0.3) is 0 Å². The summed E-state index contributed by atoms with van der Waals surface area (Å²) in [4.78, 5) is 37.8. The summed E-state index contributed by atoms with van der Waals surface area (Å²) in [5.74, 6) is -2.78. The van der Waals surface area contributed by atoms with Crippen LogP contribution in [0.15, 0.2) is 11.0 Å². The minimum absolute atomic E-state index is 0. The van der Waals surface area contributed by atoms with Gasteiger partial charge in [-0.25, -0.2) is 9.18 Å². The number of aromatic nitrogens is 2. The molecule has 24 heavy (non-hydrogen) atoms. The van der Waals surface area contributed by atoms with Gasteiger partial charge in [-0.15, -0.1) is 24.0 Å². The summed E-state index contributed by atoms with van der Waals surface area (Å²) in [6.07, 6.45) is -3.17. The average molecular weight is 457 g/mol. The van der Waals surface area contributed by atoms with Crippen LogP contribution in [0.2, 0.25) is 0 Å². The Balaban J connectivity index is 0.00000288. The van der Waals surface area contributed by atoms with Gasteiger partial charge in [0.05, 0.1) is 12.3 Å². The van der Waals surface area contributed by atoms with Gasteiger partial charge in [-0.1, -0.05) is 0 Å². The first kappa shape index (κ1) is 20.3. The smallest absolute Gasteiger partial charge is 0.351 e. The number of carbonyl (C=O) groups excluding carboxylic acids is 2. The molecule has 0 aliphatic carbocycles. The molecule has 0 aromatic carbocycles. The molecule has 9 nitrogen and oxygen atoms in total. The van der Waals surface area contributed by atoms with Gasteiger partial charge in [0.1, 0.15) is 0 Å². The molecule has 1 aliphatic rings. The molecule has 1 aromatic heterocycles. The zero-order chi connectivity index (χ0) is 17.3. The van der Waals surface area contributed by atoms with Crippen molar-refractivity contribution in [3.63, 3.8) is 0 Å². The number of anilines is 1. The van der Waals surface area contributed by atoms with Crippen molar-refractivity contribution in [2.45, 2.75) is 45.3 Å². The molecule has 0 radical (unpaired) electrons. The van der Waals surface area contributed by atoms with E-state index in [0.29, 0.717) is 0 Å². The standard InChI is InChI=1S/C13H16FN3O6.HI/c1-5-9(22-6(2)18)10(23-7(3)19)12(21-5)17-4-8(14)11(15)16-13(17)20;/h4-5,9-10,12H,1-3H3,(H2,15,16,20);1H/t5-,9-,10-,12-;/m1./s1. The van der Waals surface area contributed by atoms with Gasteiger partial charge in [0.2, 0.25) is 0 Å². The fourth-order valence-corrected chi connectivity index (χ4v) is 2.34. The molecule has 4 atom stereocenters. The lowest BCUT2D eigenvalue weighted by atomic mass is 10.1. The minimum Gasteiger partial charge on any atom is -0.456 e. The molecule has 134 valence electrons. The average Bonchev–Trinajstić information content (AvgIpc) is 2.70. The normalized spacial score (nSPS) is 25.7. The Kier molecular flexibility index (Phi) is 6.66. The van der Waals surface area contributed by atoms with E-state index >= 15 is 0 Å². The monoisotopic (exact) mass is 457 g/mol. The zero-order valence-electron chi connectivity index (χ0n) is 13.1. The maximum atomic E-state index is 13.6. The number of rotatable bonds is 3.